The number of methoxy groups -OCH3 is 1. The van der Waals surface area contributed by atoms with Gasteiger partial charge in [-0.1, -0.05) is 19.9 Å². The van der Waals surface area contributed by atoms with Gasteiger partial charge < -0.3 is 19.8 Å². The quantitative estimate of drug-likeness (QED) is 0.393. The predicted molar refractivity (Wildman–Crippen MR) is 112 cm³/mol. The first kappa shape index (κ1) is 20.2. The van der Waals surface area contributed by atoms with E-state index >= 15 is 0 Å². The van der Waals surface area contributed by atoms with Gasteiger partial charge in [-0.3, -0.25) is 4.99 Å². The molecule has 138 valence electrons. The molecule has 0 spiro atoms. The number of hydrogen-bond acceptors (Lipinski definition) is 5. The first-order chi connectivity index (χ1) is 11.5. The van der Waals surface area contributed by atoms with Gasteiger partial charge in [-0.05, 0) is 17.9 Å². The van der Waals surface area contributed by atoms with Gasteiger partial charge in [0.05, 0.1) is 23.2 Å². The predicted octanol–water partition coefficient (Wildman–Crippen LogP) is 3.50. The molecule has 0 saturated heterocycles. The van der Waals surface area contributed by atoms with Crippen LogP contribution in [0.15, 0.2) is 33.2 Å². The molecule has 1 fully saturated rings. The molecule has 2 unspecified atom stereocenters. The zero-order valence-electron chi connectivity index (χ0n) is 14.9. The summed E-state index contributed by atoms with van der Waals surface area (Å²) in [6.07, 6.45) is 2.96. The standard InChI is InChI=1S/C17H24N4O2S.HI/c1-17(2)13(8-14(17)22-4)21-16(18-3)19-9-11-10-23-15(20-11)12-6-5-7-24-12;/h5-7,10,13-14H,8-9H2,1-4H3,(H2,18,19,21);1H. The van der Waals surface area contributed by atoms with Crippen molar-refractivity contribution in [3.8, 4) is 10.8 Å². The molecule has 0 radical (unpaired) electrons. The number of halogens is 1. The maximum atomic E-state index is 5.53. The van der Waals surface area contributed by atoms with Crippen molar-refractivity contribution in [3.63, 3.8) is 0 Å². The fourth-order valence-electron chi connectivity index (χ4n) is 2.97. The fourth-order valence-corrected chi connectivity index (χ4v) is 3.62. The molecule has 0 aliphatic heterocycles. The van der Waals surface area contributed by atoms with E-state index in [0.717, 1.165) is 23.0 Å². The summed E-state index contributed by atoms with van der Waals surface area (Å²) in [7, 11) is 3.54. The second-order valence-electron chi connectivity index (χ2n) is 6.53. The van der Waals surface area contributed by atoms with Crippen molar-refractivity contribution in [2.24, 2.45) is 10.4 Å². The molecule has 2 aromatic heterocycles. The van der Waals surface area contributed by atoms with Crippen LogP contribution in [0.3, 0.4) is 0 Å². The molecule has 1 aliphatic rings. The first-order valence-corrected chi connectivity index (χ1v) is 8.90. The monoisotopic (exact) mass is 476 g/mol. The van der Waals surface area contributed by atoms with Gasteiger partial charge in [-0.25, -0.2) is 4.98 Å². The van der Waals surface area contributed by atoms with Gasteiger partial charge in [-0.15, -0.1) is 35.3 Å². The summed E-state index contributed by atoms with van der Waals surface area (Å²) in [5.41, 5.74) is 0.941. The van der Waals surface area contributed by atoms with Crippen LogP contribution in [-0.4, -0.2) is 37.2 Å². The Morgan fingerprint density at radius 1 is 1.52 bits per heavy atom. The lowest BCUT2D eigenvalue weighted by Crippen LogP contribution is -2.63. The van der Waals surface area contributed by atoms with Crippen molar-refractivity contribution >= 4 is 41.3 Å². The second-order valence-corrected chi connectivity index (χ2v) is 7.47. The Kier molecular flexibility index (Phi) is 6.86. The summed E-state index contributed by atoms with van der Waals surface area (Å²) in [4.78, 5) is 9.83. The number of aromatic nitrogens is 1. The minimum absolute atomic E-state index is 0. The van der Waals surface area contributed by atoms with Crippen LogP contribution in [-0.2, 0) is 11.3 Å². The van der Waals surface area contributed by atoms with Crippen LogP contribution < -0.4 is 10.6 Å². The number of ether oxygens (including phenoxy) is 1. The van der Waals surface area contributed by atoms with E-state index in [1.807, 2.05) is 17.5 Å². The molecule has 6 nitrogen and oxygen atoms in total. The maximum Gasteiger partial charge on any atom is 0.236 e. The SMILES string of the molecule is CN=C(NCc1coc(-c2cccs2)n1)NC1CC(OC)C1(C)C.I. The first-order valence-electron chi connectivity index (χ1n) is 8.03. The fraction of sp³-hybridized carbons (Fsp3) is 0.529. The summed E-state index contributed by atoms with van der Waals surface area (Å²) in [6.45, 7) is 4.98. The third-order valence-corrected chi connectivity index (χ3v) is 5.58. The van der Waals surface area contributed by atoms with Crippen molar-refractivity contribution in [1.29, 1.82) is 0 Å². The lowest BCUT2D eigenvalue weighted by molar-refractivity contribution is -0.0922. The van der Waals surface area contributed by atoms with E-state index < -0.39 is 0 Å². The molecule has 25 heavy (non-hydrogen) atoms. The van der Waals surface area contributed by atoms with Crippen LogP contribution in [0.2, 0.25) is 0 Å². The van der Waals surface area contributed by atoms with Crippen LogP contribution in [0.5, 0.6) is 0 Å². The molecule has 0 amide bonds. The molecular formula is C17H25IN4O2S. The van der Waals surface area contributed by atoms with Crippen LogP contribution in [0.25, 0.3) is 10.8 Å². The Labute approximate surface area is 169 Å². The molecule has 1 aliphatic carbocycles. The van der Waals surface area contributed by atoms with Gasteiger partial charge in [0.25, 0.3) is 0 Å². The molecule has 0 bridgehead atoms. The third-order valence-electron chi connectivity index (χ3n) is 4.72. The van der Waals surface area contributed by atoms with Crippen molar-refractivity contribution in [1.82, 2.24) is 15.6 Å². The highest BCUT2D eigenvalue weighted by Crippen LogP contribution is 2.42. The van der Waals surface area contributed by atoms with Crippen molar-refractivity contribution < 1.29 is 9.15 Å². The normalized spacial score (nSPS) is 22.0. The van der Waals surface area contributed by atoms with Crippen molar-refractivity contribution in [2.45, 2.75) is 39.0 Å². The number of oxazole rings is 1. The van der Waals surface area contributed by atoms with E-state index in [2.05, 4.69) is 34.5 Å². The molecule has 2 heterocycles. The van der Waals surface area contributed by atoms with E-state index in [1.54, 1.807) is 31.8 Å². The van der Waals surface area contributed by atoms with Gasteiger partial charge in [-0.2, -0.15) is 0 Å². The number of guanidine groups is 1. The summed E-state index contributed by atoms with van der Waals surface area (Å²) >= 11 is 1.61. The van der Waals surface area contributed by atoms with Crippen LogP contribution >= 0.6 is 35.3 Å². The van der Waals surface area contributed by atoms with E-state index in [4.69, 9.17) is 9.15 Å². The van der Waals surface area contributed by atoms with Gasteiger partial charge in [0, 0.05) is 25.6 Å². The molecule has 2 N–H and O–H groups in total. The molecule has 3 rings (SSSR count). The number of hydrogen-bond donors (Lipinski definition) is 2. The Bertz CT molecular complexity index is 699. The maximum absolute atomic E-state index is 5.53. The van der Waals surface area contributed by atoms with E-state index in [-0.39, 0.29) is 35.5 Å². The average molecular weight is 476 g/mol. The highest BCUT2D eigenvalue weighted by atomic mass is 127. The number of aliphatic imine (C=N–C) groups is 1. The summed E-state index contributed by atoms with van der Waals surface area (Å²) in [5, 5.41) is 8.77. The lowest BCUT2D eigenvalue weighted by atomic mass is 9.64. The van der Waals surface area contributed by atoms with E-state index in [0.29, 0.717) is 18.5 Å². The van der Waals surface area contributed by atoms with Gasteiger partial charge in [0.15, 0.2) is 5.96 Å². The van der Waals surface area contributed by atoms with Gasteiger partial charge in [0.2, 0.25) is 5.89 Å². The van der Waals surface area contributed by atoms with Crippen molar-refractivity contribution in [3.05, 3.63) is 29.5 Å². The van der Waals surface area contributed by atoms with Crippen LogP contribution in [0, 0.1) is 5.41 Å². The highest BCUT2D eigenvalue weighted by Gasteiger charge is 2.48. The molecular weight excluding hydrogens is 451 g/mol. The smallest absolute Gasteiger partial charge is 0.236 e. The topological polar surface area (TPSA) is 71.7 Å². The van der Waals surface area contributed by atoms with Crippen LogP contribution in [0.1, 0.15) is 26.0 Å². The Morgan fingerprint density at radius 2 is 2.32 bits per heavy atom. The van der Waals surface area contributed by atoms with E-state index in [9.17, 15) is 0 Å². The minimum Gasteiger partial charge on any atom is -0.443 e. The van der Waals surface area contributed by atoms with E-state index in [1.165, 1.54) is 0 Å². The Morgan fingerprint density at radius 3 is 2.92 bits per heavy atom. The van der Waals surface area contributed by atoms with Crippen molar-refractivity contribution in [2.75, 3.05) is 14.2 Å². The van der Waals surface area contributed by atoms with Gasteiger partial charge in [0.1, 0.15) is 6.26 Å². The number of rotatable bonds is 5. The molecule has 2 aromatic rings. The number of nitrogens with zero attached hydrogens (tertiary/aromatic N) is 2. The number of nitrogens with one attached hydrogen (secondary N) is 2. The summed E-state index contributed by atoms with van der Waals surface area (Å²) < 4.78 is 11.0. The second kappa shape index (κ2) is 8.50. The average Bonchev–Trinajstić information content (AvgIpc) is 3.24. The highest BCUT2D eigenvalue weighted by molar-refractivity contribution is 14.0. The zero-order chi connectivity index (χ0) is 17.2. The zero-order valence-corrected chi connectivity index (χ0v) is 18.1. The van der Waals surface area contributed by atoms with Crippen LogP contribution in [0.4, 0.5) is 0 Å². The minimum atomic E-state index is 0. The third kappa shape index (κ3) is 4.35. The molecule has 1 saturated carbocycles. The Hall–Kier alpha value is -1.13. The lowest BCUT2D eigenvalue weighted by Gasteiger charge is -2.51. The summed E-state index contributed by atoms with van der Waals surface area (Å²) in [6, 6.07) is 4.33. The Balaban J connectivity index is 0.00000225. The van der Waals surface area contributed by atoms with Gasteiger partial charge >= 0.3 is 0 Å². The largest absolute Gasteiger partial charge is 0.443 e. The molecule has 2 atom stereocenters. The number of thiophene rings is 1. The molecule has 8 heteroatoms. The molecule has 0 aromatic carbocycles. The summed E-state index contributed by atoms with van der Waals surface area (Å²) in [5.74, 6) is 1.43.